The Balaban J connectivity index is 2.93. The summed E-state index contributed by atoms with van der Waals surface area (Å²) in [5.41, 5.74) is -0.847. The predicted molar refractivity (Wildman–Crippen MR) is 81.1 cm³/mol. The van der Waals surface area contributed by atoms with Gasteiger partial charge in [-0.2, -0.15) is 0 Å². The van der Waals surface area contributed by atoms with Crippen LogP contribution in [0.1, 0.15) is 20.8 Å². The SMILES string of the molecule is CCN(C(=O)Nc1ccc(OC)c(Cl)c1)C(C)(C)C(=O)O. The topological polar surface area (TPSA) is 78.9 Å². The number of carbonyl (C=O) groups is 2. The molecule has 0 spiro atoms. The first kappa shape index (κ1) is 17.1. The van der Waals surface area contributed by atoms with E-state index in [9.17, 15) is 14.7 Å². The highest BCUT2D eigenvalue weighted by Gasteiger charge is 2.36. The van der Waals surface area contributed by atoms with E-state index in [0.29, 0.717) is 16.5 Å². The number of methoxy groups -OCH3 is 1. The highest BCUT2D eigenvalue weighted by Crippen LogP contribution is 2.27. The molecule has 2 amide bonds. The molecule has 0 radical (unpaired) electrons. The van der Waals surface area contributed by atoms with Crippen LogP contribution < -0.4 is 10.1 Å². The van der Waals surface area contributed by atoms with Crippen molar-refractivity contribution in [3.63, 3.8) is 0 Å². The van der Waals surface area contributed by atoms with Crippen LogP contribution in [0.5, 0.6) is 5.75 Å². The second kappa shape index (κ2) is 6.67. The quantitative estimate of drug-likeness (QED) is 0.875. The minimum atomic E-state index is -1.31. The van der Waals surface area contributed by atoms with Crippen LogP contribution in [-0.4, -0.2) is 41.2 Å². The van der Waals surface area contributed by atoms with Gasteiger partial charge in [-0.1, -0.05) is 11.6 Å². The number of carboxylic acids is 1. The number of nitrogens with one attached hydrogen (secondary N) is 1. The number of hydrogen-bond acceptors (Lipinski definition) is 3. The molecule has 0 bridgehead atoms. The van der Waals surface area contributed by atoms with Gasteiger partial charge in [-0.15, -0.1) is 0 Å². The van der Waals surface area contributed by atoms with Gasteiger partial charge in [0.1, 0.15) is 11.3 Å². The van der Waals surface area contributed by atoms with E-state index < -0.39 is 17.5 Å². The summed E-state index contributed by atoms with van der Waals surface area (Å²) in [6.07, 6.45) is 0. The molecule has 21 heavy (non-hydrogen) atoms. The lowest BCUT2D eigenvalue weighted by molar-refractivity contribution is -0.147. The molecule has 0 aromatic heterocycles. The molecule has 116 valence electrons. The van der Waals surface area contributed by atoms with E-state index in [4.69, 9.17) is 16.3 Å². The maximum absolute atomic E-state index is 12.2. The van der Waals surface area contributed by atoms with Gasteiger partial charge in [0.05, 0.1) is 12.1 Å². The molecular weight excluding hydrogens is 296 g/mol. The van der Waals surface area contributed by atoms with Crippen molar-refractivity contribution >= 4 is 29.3 Å². The minimum Gasteiger partial charge on any atom is -0.495 e. The Kier molecular flexibility index (Phi) is 5.43. The number of ether oxygens (including phenoxy) is 1. The van der Waals surface area contributed by atoms with Crippen molar-refractivity contribution in [3.8, 4) is 5.75 Å². The number of urea groups is 1. The van der Waals surface area contributed by atoms with Gasteiger partial charge >= 0.3 is 12.0 Å². The van der Waals surface area contributed by atoms with Crippen LogP contribution in [0.15, 0.2) is 18.2 Å². The van der Waals surface area contributed by atoms with Gasteiger partial charge in [-0.25, -0.2) is 9.59 Å². The van der Waals surface area contributed by atoms with E-state index in [1.165, 1.54) is 25.9 Å². The van der Waals surface area contributed by atoms with E-state index in [1.54, 1.807) is 25.1 Å². The molecule has 6 nitrogen and oxygen atoms in total. The van der Waals surface area contributed by atoms with Crippen LogP contribution in [0.2, 0.25) is 5.02 Å². The van der Waals surface area contributed by atoms with Crippen LogP contribution in [0.25, 0.3) is 0 Å². The fourth-order valence-corrected chi connectivity index (χ4v) is 2.10. The highest BCUT2D eigenvalue weighted by atomic mass is 35.5. The normalized spacial score (nSPS) is 10.9. The summed E-state index contributed by atoms with van der Waals surface area (Å²) in [5, 5.41) is 12.2. The van der Waals surface area contributed by atoms with Gasteiger partial charge in [-0.05, 0) is 39.0 Å². The molecule has 0 aliphatic carbocycles. The summed E-state index contributed by atoms with van der Waals surface area (Å²) in [4.78, 5) is 24.7. The molecule has 7 heteroatoms. The van der Waals surface area contributed by atoms with Crippen LogP contribution >= 0.6 is 11.6 Å². The fraction of sp³-hybridized carbons (Fsp3) is 0.429. The average Bonchev–Trinajstić information content (AvgIpc) is 2.39. The molecule has 0 atom stereocenters. The number of carboxylic acid groups (broad SMARTS) is 1. The van der Waals surface area contributed by atoms with Crippen LogP contribution in [0.3, 0.4) is 0 Å². The predicted octanol–water partition coefficient (Wildman–Crippen LogP) is 3.07. The molecule has 0 heterocycles. The van der Waals surface area contributed by atoms with Crippen LogP contribution in [-0.2, 0) is 4.79 Å². The number of carbonyl (C=O) groups excluding carboxylic acids is 1. The Hall–Kier alpha value is -1.95. The third-order valence-electron chi connectivity index (χ3n) is 3.16. The van der Waals surface area contributed by atoms with Gasteiger partial charge in [-0.3, -0.25) is 0 Å². The van der Waals surface area contributed by atoms with Gasteiger partial charge in [0, 0.05) is 12.2 Å². The largest absolute Gasteiger partial charge is 0.495 e. The van der Waals surface area contributed by atoms with Gasteiger partial charge < -0.3 is 20.1 Å². The number of anilines is 1. The van der Waals surface area contributed by atoms with E-state index in [1.807, 2.05) is 0 Å². The highest BCUT2D eigenvalue weighted by molar-refractivity contribution is 6.32. The molecule has 0 aliphatic heterocycles. The van der Waals surface area contributed by atoms with Crippen molar-refractivity contribution in [1.29, 1.82) is 0 Å². The lowest BCUT2D eigenvalue weighted by Gasteiger charge is -2.34. The number of nitrogens with zero attached hydrogens (tertiary/aromatic N) is 1. The molecule has 0 saturated carbocycles. The molecule has 1 aromatic rings. The number of benzene rings is 1. The first-order valence-electron chi connectivity index (χ1n) is 6.39. The van der Waals surface area contributed by atoms with Crippen molar-refractivity contribution in [2.45, 2.75) is 26.3 Å². The first-order chi connectivity index (χ1) is 9.73. The second-order valence-corrected chi connectivity index (χ2v) is 5.30. The smallest absolute Gasteiger partial charge is 0.329 e. The van der Waals surface area contributed by atoms with E-state index >= 15 is 0 Å². The van der Waals surface area contributed by atoms with Crippen molar-refractivity contribution in [1.82, 2.24) is 4.90 Å². The van der Waals surface area contributed by atoms with Crippen LogP contribution in [0.4, 0.5) is 10.5 Å². The van der Waals surface area contributed by atoms with E-state index in [0.717, 1.165) is 0 Å². The summed E-state index contributed by atoms with van der Waals surface area (Å²) in [6.45, 7) is 4.92. The minimum absolute atomic E-state index is 0.259. The number of hydrogen-bond donors (Lipinski definition) is 2. The Morgan fingerprint density at radius 1 is 1.43 bits per heavy atom. The second-order valence-electron chi connectivity index (χ2n) is 4.89. The lowest BCUT2D eigenvalue weighted by Crippen LogP contribution is -2.54. The summed E-state index contributed by atoms with van der Waals surface area (Å²) in [6, 6.07) is 4.28. The number of likely N-dealkylation sites (N-methyl/N-ethyl adjacent to an activating group) is 1. The number of rotatable bonds is 5. The third kappa shape index (κ3) is 3.78. The zero-order chi connectivity index (χ0) is 16.2. The molecule has 0 aliphatic rings. The molecular formula is C14H19ClN2O4. The maximum atomic E-state index is 12.2. The molecule has 0 saturated heterocycles. The van der Waals surface area contributed by atoms with Gasteiger partial charge in [0.25, 0.3) is 0 Å². The number of aliphatic carboxylic acids is 1. The van der Waals surface area contributed by atoms with E-state index in [-0.39, 0.29) is 6.54 Å². The summed E-state index contributed by atoms with van der Waals surface area (Å²) >= 11 is 5.98. The average molecular weight is 315 g/mol. The van der Waals surface area contributed by atoms with Crippen molar-refractivity contribution in [2.24, 2.45) is 0 Å². The van der Waals surface area contributed by atoms with Gasteiger partial charge in [0.2, 0.25) is 0 Å². The fourth-order valence-electron chi connectivity index (χ4n) is 1.84. The summed E-state index contributed by atoms with van der Waals surface area (Å²) < 4.78 is 5.03. The summed E-state index contributed by atoms with van der Waals surface area (Å²) in [7, 11) is 1.49. The summed E-state index contributed by atoms with van der Waals surface area (Å²) in [5.74, 6) is -0.583. The zero-order valence-corrected chi connectivity index (χ0v) is 13.2. The lowest BCUT2D eigenvalue weighted by atomic mass is 10.0. The standard InChI is InChI=1S/C14H19ClN2O4/c1-5-17(14(2,3)12(18)19)13(20)16-9-6-7-11(21-4)10(15)8-9/h6-8H,5H2,1-4H3,(H,16,20)(H,18,19). The van der Waals surface area contributed by atoms with Crippen molar-refractivity contribution in [3.05, 3.63) is 23.2 Å². The Bertz CT molecular complexity index is 546. The number of halogens is 1. The zero-order valence-electron chi connectivity index (χ0n) is 12.4. The number of amides is 2. The third-order valence-corrected chi connectivity index (χ3v) is 3.46. The maximum Gasteiger partial charge on any atom is 0.329 e. The van der Waals surface area contributed by atoms with Crippen molar-refractivity contribution in [2.75, 3.05) is 19.0 Å². The van der Waals surface area contributed by atoms with E-state index in [2.05, 4.69) is 5.32 Å². The first-order valence-corrected chi connectivity index (χ1v) is 6.77. The monoisotopic (exact) mass is 314 g/mol. The Morgan fingerprint density at radius 3 is 2.48 bits per heavy atom. The molecule has 1 rings (SSSR count). The molecule has 0 fully saturated rings. The van der Waals surface area contributed by atoms with Crippen LogP contribution in [0, 0.1) is 0 Å². The van der Waals surface area contributed by atoms with Gasteiger partial charge in [0.15, 0.2) is 0 Å². The Labute approximate surface area is 128 Å². The Morgan fingerprint density at radius 2 is 2.05 bits per heavy atom. The molecule has 2 N–H and O–H groups in total. The molecule has 1 aromatic carbocycles. The van der Waals surface area contributed by atoms with Crippen molar-refractivity contribution < 1.29 is 19.4 Å². The molecule has 0 unspecified atom stereocenters.